The maximum absolute atomic E-state index is 11.4. The summed E-state index contributed by atoms with van der Waals surface area (Å²) in [6.07, 6.45) is 7.43. The molecule has 0 aliphatic heterocycles. The third kappa shape index (κ3) is 9.79. The highest BCUT2D eigenvalue weighted by Crippen LogP contribution is 2.19. The minimum Gasteiger partial charge on any atom is -0.315 e. The summed E-state index contributed by atoms with van der Waals surface area (Å²) in [6.45, 7) is 7.82. The second-order valence-corrected chi connectivity index (χ2v) is 11.6. The summed E-state index contributed by atoms with van der Waals surface area (Å²) in [7, 11) is -5.28. The first-order chi connectivity index (χ1) is 7.83. The van der Waals surface area contributed by atoms with Gasteiger partial charge in [-0.05, 0) is 26.1 Å². The van der Waals surface area contributed by atoms with E-state index in [0.29, 0.717) is 0 Å². The molecule has 0 amide bonds. The van der Waals surface area contributed by atoms with Crippen LogP contribution in [0.3, 0.4) is 0 Å². The molecule has 0 atom stereocenters. The first-order valence-corrected chi connectivity index (χ1v) is 11.5. The molecule has 0 aromatic heterocycles. The first kappa shape index (κ1) is 17.1. The van der Waals surface area contributed by atoms with Gasteiger partial charge in [-0.1, -0.05) is 45.4 Å². The van der Waals surface area contributed by atoms with E-state index in [-0.39, 0.29) is 5.75 Å². The Morgan fingerprint density at radius 2 is 1.47 bits per heavy atom. The zero-order valence-corrected chi connectivity index (χ0v) is 13.6. The minimum absolute atomic E-state index is 0.0833. The standard InChI is InChI=1S/C12H28O3SSi/c1-5-7-8-9-10-11-12-17(3,4)15-16(13,14)6-2/h5-12H2,1-4H3. The molecular formula is C12H28O3SSi. The zero-order chi connectivity index (χ0) is 13.4. The number of hydrogen-bond acceptors (Lipinski definition) is 3. The first-order valence-electron chi connectivity index (χ1n) is 6.76. The molecule has 0 fully saturated rings. The van der Waals surface area contributed by atoms with Crippen LogP contribution in [0.4, 0.5) is 0 Å². The van der Waals surface area contributed by atoms with Crippen LogP contribution in [0, 0.1) is 0 Å². The van der Waals surface area contributed by atoms with Crippen LogP contribution < -0.4 is 0 Å². The molecule has 17 heavy (non-hydrogen) atoms. The Labute approximate surface area is 108 Å². The van der Waals surface area contributed by atoms with Gasteiger partial charge in [0, 0.05) is 0 Å². The van der Waals surface area contributed by atoms with Crippen molar-refractivity contribution in [2.45, 2.75) is 71.5 Å². The topological polar surface area (TPSA) is 43.4 Å². The quantitative estimate of drug-likeness (QED) is 0.450. The summed E-state index contributed by atoms with van der Waals surface area (Å²) < 4.78 is 28.1. The van der Waals surface area contributed by atoms with E-state index in [9.17, 15) is 8.42 Å². The van der Waals surface area contributed by atoms with Gasteiger partial charge in [0.1, 0.15) is 0 Å². The molecule has 0 aliphatic rings. The zero-order valence-electron chi connectivity index (χ0n) is 11.8. The van der Waals surface area contributed by atoms with Crippen LogP contribution in [0.25, 0.3) is 0 Å². The van der Waals surface area contributed by atoms with Crippen molar-refractivity contribution in [3.63, 3.8) is 0 Å². The summed E-state index contributed by atoms with van der Waals surface area (Å²) in [4.78, 5) is 0. The van der Waals surface area contributed by atoms with Gasteiger partial charge in [-0.3, -0.25) is 0 Å². The van der Waals surface area contributed by atoms with Crippen molar-refractivity contribution in [2.75, 3.05) is 5.75 Å². The Morgan fingerprint density at radius 3 is 2.00 bits per heavy atom. The van der Waals surface area contributed by atoms with Gasteiger partial charge in [-0.2, -0.15) is 0 Å². The van der Waals surface area contributed by atoms with Gasteiger partial charge in [-0.25, -0.2) is 8.42 Å². The lowest BCUT2D eigenvalue weighted by molar-refractivity contribution is 0.480. The minimum atomic E-state index is -3.27. The van der Waals surface area contributed by atoms with Crippen molar-refractivity contribution in [1.29, 1.82) is 0 Å². The summed E-state index contributed by atoms with van der Waals surface area (Å²) >= 11 is 0. The van der Waals surface area contributed by atoms with Crippen molar-refractivity contribution < 1.29 is 12.3 Å². The van der Waals surface area contributed by atoms with Crippen LogP contribution in [0.2, 0.25) is 19.1 Å². The lowest BCUT2D eigenvalue weighted by Crippen LogP contribution is -2.33. The molecule has 3 nitrogen and oxygen atoms in total. The van der Waals surface area contributed by atoms with E-state index in [0.717, 1.165) is 12.5 Å². The molecule has 0 aromatic rings. The Morgan fingerprint density at radius 1 is 0.941 bits per heavy atom. The highest BCUT2D eigenvalue weighted by molar-refractivity contribution is 7.87. The predicted octanol–water partition coefficient (Wildman–Crippen LogP) is 3.92. The monoisotopic (exact) mass is 280 g/mol. The van der Waals surface area contributed by atoms with Crippen LogP contribution in [0.5, 0.6) is 0 Å². The average Bonchev–Trinajstić information content (AvgIpc) is 2.22. The maximum Gasteiger partial charge on any atom is 0.257 e. The predicted molar refractivity (Wildman–Crippen MR) is 76.2 cm³/mol. The fourth-order valence-electron chi connectivity index (χ4n) is 1.78. The highest BCUT2D eigenvalue weighted by atomic mass is 32.2. The third-order valence-electron chi connectivity index (χ3n) is 2.84. The highest BCUT2D eigenvalue weighted by Gasteiger charge is 2.28. The lowest BCUT2D eigenvalue weighted by atomic mass is 10.1. The SMILES string of the molecule is CCCCCCCC[Si](C)(C)OS(=O)(=O)CC. The maximum atomic E-state index is 11.4. The van der Waals surface area contributed by atoms with Crippen LogP contribution >= 0.6 is 0 Å². The Kier molecular flexibility index (Phi) is 8.33. The molecule has 0 saturated heterocycles. The smallest absolute Gasteiger partial charge is 0.257 e. The number of hydrogen-bond donors (Lipinski definition) is 0. The van der Waals surface area contributed by atoms with E-state index >= 15 is 0 Å². The molecule has 0 heterocycles. The van der Waals surface area contributed by atoms with Crippen LogP contribution in [-0.2, 0) is 14.0 Å². The van der Waals surface area contributed by atoms with Crippen molar-refractivity contribution in [2.24, 2.45) is 0 Å². The number of rotatable bonds is 10. The van der Waals surface area contributed by atoms with Gasteiger partial charge in [-0.15, -0.1) is 0 Å². The van der Waals surface area contributed by atoms with E-state index in [1.807, 2.05) is 13.1 Å². The Bertz CT molecular complexity index is 286. The Balaban J connectivity index is 3.79. The molecule has 0 radical (unpaired) electrons. The van der Waals surface area contributed by atoms with E-state index in [2.05, 4.69) is 6.92 Å². The third-order valence-corrected chi connectivity index (χ3v) is 7.92. The molecule has 104 valence electrons. The Hall–Kier alpha value is 0.127. The molecule has 0 rings (SSSR count). The summed E-state index contributed by atoms with van der Waals surface area (Å²) in [6, 6.07) is 0.943. The molecule has 0 saturated carbocycles. The van der Waals surface area contributed by atoms with Crippen molar-refractivity contribution >= 4 is 18.4 Å². The van der Waals surface area contributed by atoms with Crippen LogP contribution in [-0.4, -0.2) is 22.5 Å². The van der Waals surface area contributed by atoms with Gasteiger partial charge in [0.15, 0.2) is 0 Å². The van der Waals surface area contributed by atoms with Gasteiger partial charge in [0.25, 0.3) is 10.1 Å². The van der Waals surface area contributed by atoms with E-state index in [4.69, 9.17) is 3.87 Å². The second-order valence-electron chi connectivity index (χ2n) is 5.21. The van der Waals surface area contributed by atoms with Crippen LogP contribution in [0.15, 0.2) is 0 Å². The van der Waals surface area contributed by atoms with E-state index in [1.165, 1.54) is 32.1 Å². The van der Waals surface area contributed by atoms with Crippen molar-refractivity contribution in [3.8, 4) is 0 Å². The van der Waals surface area contributed by atoms with Crippen molar-refractivity contribution in [3.05, 3.63) is 0 Å². The van der Waals surface area contributed by atoms with Gasteiger partial charge < -0.3 is 3.87 Å². The van der Waals surface area contributed by atoms with E-state index < -0.39 is 18.4 Å². The normalized spacial score (nSPS) is 12.9. The fourth-order valence-corrected chi connectivity index (χ4v) is 6.43. The molecule has 5 heteroatoms. The molecule has 0 aliphatic carbocycles. The molecule has 0 aromatic carbocycles. The lowest BCUT2D eigenvalue weighted by Gasteiger charge is -2.21. The molecular weight excluding hydrogens is 252 g/mol. The molecule has 0 bridgehead atoms. The second kappa shape index (κ2) is 8.27. The van der Waals surface area contributed by atoms with Crippen molar-refractivity contribution in [1.82, 2.24) is 0 Å². The fraction of sp³-hybridized carbons (Fsp3) is 1.00. The van der Waals surface area contributed by atoms with Gasteiger partial charge in [0.2, 0.25) is 8.32 Å². The molecule has 0 unspecified atom stereocenters. The van der Waals surface area contributed by atoms with Crippen LogP contribution in [0.1, 0.15) is 52.4 Å². The summed E-state index contributed by atoms with van der Waals surface area (Å²) in [5.41, 5.74) is 0. The van der Waals surface area contributed by atoms with E-state index in [1.54, 1.807) is 6.92 Å². The number of unbranched alkanes of at least 4 members (excludes halogenated alkanes) is 5. The molecule has 0 N–H and O–H groups in total. The molecule has 0 spiro atoms. The summed E-state index contributed by atoms with van der Waals surface area (Å²) in [5.74, 6) is 0.0833. The largest absolute Gasteiger partial charge is 0.315 e. The van der Waals surface area contributed by atoms with Gasteiger partial charge >= 0.3 is 0 Å². The summed E-state index contributed by atoms with van der Waals surface area (Å²) in [5, 5.41) is 0. The van der Waals surface area contributed by atoms with Gasteiger partial charge in [0.05, 0.1) is 5.75 Å². The average molecular weight is 281 g/mol.